The number of carbonyl (C=O) groups excluding carboxylic acids is 2. The van der Waals surface area contributed by atoms with Gasteiger partial charge in [0.2, 0.25) is 0 Å². The topological polar surface area (TPSA) is 76.7 Å². The van der Waals surface area contributed by atoms with Crippen LogP contribution in [0, 0.1) is 0 Å². The Morgan fingerprint density at radius 2 is 1.28 bits per heavy atom. The molecule has 6 nitrogen and oxygen atoms in total. The molecule has 164 valence electrons. The lowest BCUT2D eigenvalue weighted by Gasteiger charge is -2.19. The molecule has 0 radical (unpaired) electrons. The summed E-state index contributed by atoms with van der Waals surface area (Å²) in [6.45, 7) is 7.35. The van der Waals surface area contributed by atoms with Crippen LogP contribution in [0.5, 0.6) is 11.5 Å². The van der Waals surface area contributed by atoms with Gasteiger partial charge in [0.25, 0.3) is 11.8 Å². The van der Waals surface area contributed by atoms with Gasteiger partial charge in [-0.15, -0.1) is 0 Å². The van der Waals surface area contributed by atoms with Gasteiger partial charge in [0.15, 0.2) is 11.5 Å². The number of fused-ring (bicyclic) bond motifs is 1. The zero-order valence-corrected chi connectivity index (χ0v) is 18.4. The van der Waals surface area contributed by atoms with Crippen LogP contribution in [0.15, 0.2) is 66.7 Å². The minimum Gasteiger partial charge on any atom is -0.486 e. The fourth-order valence-corrected chi connectivity index (χ4v) is 3.39. The molecule has 0 saturated carbocycles. The number of rotatable bonds is 4. The van der Waals surface area contributed by atoms with Crippen LogP contribution in [-0.4, -0.2) is 25.0 Å². The minimum absolute atomic E-state index is 0.0265. The summed E-state index contributed by atoms with van der Waals surface area (Å²) in [7, 11) is 0. The molecule has 32 heavy (non-hydrogen) atoms. The number of nitrogens with one attached hydrogen (secondary N) is 2. The van der Waals surface area contributed by atoms with Gasteiger partial charge >= 0.3 is 0 Å². The van der Waals surface area contributed by atoms with Crippen molar-refractivity contribution in [1.82, 2.24) is 0 Å². The SMILES string of the molecule is CC(C)(C)c1ccc(C(=O)Nc2cccc(NC(=O)c3ccc4c(c3)OCCO4)c2)cc1. The standard InChI is InChI=1S/C26H26N2O4/c1-26(2,3)19-10-7-17(8-11-19)24(29)27-20-5-4-6-21(16-20)28-25(30)18-9-12-22-23(15-18)32-14-13-31-22/h4-12,15-16H,13-14H2,1-3H3,(H,27,29)(H,28,30). The molecular formula is C26H26N2O4. The van der Waals surface area contributed by atoms with Crippen molar-refractivity contribution in [3.05, 3.63) is 83.4 Å². The molecule has 4 rings (SSSR count). The van der Waals surface area contributed by atoms with E-state index < -0.39 is 0 Å². The Morgan fingerprint density at radius 3 is 1.91 bits per heavy atom. The summed E-state index contributed by atoms with van der Waals surface area (Å²) >= 11 is 0. The Morgan fingerprint density at radius 1 is 0.719 bits per heavy atom. The number of hydrogen-bond donors (Lipinski definition) is 2. The minimum atomic E-state index is -0.275. The first-order valence-corrected chi connectivity index (χ1v) is 10.5. The molecule has 2 amide bonds. The maximum atomic E-state index is 12.7. The van der Waals surface area contributed by atoms with Crippen molar-refractivity contribution in [1.29, 1.82) is 0 Å². The van der Waals surface area contributed by atoms with E-state index >= 15 is 0 Å². The number of benzene rings is 3. The average Bonchev–Trinajstić information content (AvgIpc) is 2.78. The first kappa shape index (κ1) is 21.4. The molecule has 0 saturated heterocycles. The van der Waals surface area contributed by atoms with E-state index in [1.54, 1.807) is 42.5 Å². The van der Waals surface area contributed by atoms with E-state index in [0.29, 0.717) is 47.2 Å². The molecule has 0 fully saturated rings. The molecule has 0 aliphatic carbocycles. The van der Waals surface area contributed by atoms with Crippen LogP contribution in [0.4, 0.5) is 11.4 Å². The lowest BCUT2D eigenvalue weighted by molar-refractivity contribution is 0.101. The second-order valence-electron chi connectivity index (χ2n) is 8.67. The van der Waals surface area contributed by atoms with E-state index in [1.807, 2.05) is 24.3 Å². The maximum Gasteiger partial charge on any atom is 0.255 e. The fraction of sp³-hybridized carbons (Fsp3) is 0.231. The Kier molecular flexibility index (Phi) is 5.86. The summed E-state index contributed by atoms with van der Waals surface area (Å²) in [6.07, 6.45) is 0. The quantitative estimate of drug-likeness (QED) is 0.592. The highest BCUT2D eigenvalue weighted by molar-refractivity contribution is 6.06. The van der Waals surface area contributed by atoms with Crippen LogP contribution in [0.2, 0.25) is 0 Å². The second-order valence-corrected chi connectivity index (χ2v) is 8.67. The Balaban J connectivity index is 1.43. The van der Waals surface area contributed by atoms with E-state index in [9.17, 15) is 9.59 Å². The highest BCUT2D eigenvalue weighted by atomic mass is 16.6. The number of hydrogen-bond acceptors (Lipinski definition) is 4. The highest BCUT2D eigenvalue weighted by Gasteiger charge is 2.16. The lowest BCUT2D eigenvalue weighted by atomic mass is 9.87. The smallest absolute Gasteiger partial charge is 0.255 e. The third-order valence-corrected chi connectivity index (χ3v) is 5.20. The number of carbonyl (C=O) groups is 2. The van der Waals surface area contributed by atoms with Crippen LogP contribution < -0.4 is 20.1 Å². The van der Waals surface area contributed by atoms with Crippen LogP contribution in [0.1, 0.15) is 47.1 Å². The van der Waals surface area contributed by atoms with E-state index in [0.717, 1.165) is 5.56 Å². The molecule has 2 N–H and O–H groups in total. The summed E-state index contributed by atoms with van der Waals surface area (Å²) in [5.74, 6) is 0.708. The lowest BCUT2D eigenvalue weighted by Crippen LogP contribution is -2.17. The molecular weight excluding hydrogens is 404 g/mol. The van der Waals surface area contributed by atoms with Gasteiger partial charge in [-0.3, -0.25) is 9.59 Å². The van der Waals surface area contributed by atoms with Crippen LogP contribution in [-0.2, 0) is 5.41 Å². The van der Waals surface area contributed by atoms with Gasteiger partial charge in [-0.05, 0) is 59.5 Å². The molecule has 0 spiro atoms. The summed E-state index contributed by atoms with van der Waals surface area (Å²) in [5.41, 5.74) is 3.39. The van der Waals surface area contributed by atoms with Crippen molar-refractivity contribution in [3.8, 4) is 11.5 Å². The molecule has 1 aliphatic rings. The van der Waals surface area contributed by atoms with Crippen molar-refractivity contribution in [2.75, 3.05) is 23.8 Å². The normalized spacial score (nSPS) is 12.7. The van der Waals surface area contributed by atoms with Crippen molar-refractivity contribution < 1.29 is 19.1 Å². The molecule has 0 unspecified atom stereocenters. The molecule has 6 heteroatoms. The first-order valence-electron chi connectivity index (χ1n) is 10.5. The molecule has 0 aromatic heterocycles. The Labute approximate surface area is 187 Å². The maximum absolute atomic E-state index is 12.7. The second kappa shape index (κ2) is 8.75. The van der Waals surface area contributed by atoms with Gasteiger partial charge < -0.3 is 20.1 Å². The third-order valence-electron chi connectivity index (χ3n) is 5.20. The van der Waals surface area contributed by atoms with Gasteiger partial charge in [-0.2, -0.15) is 0 Å². The monoisotopic (exact) mass is 430 g/mol. The van der Waals surface area contributed by atoms with Crippen molar-refractivity contribution in [3.63, 3.8) is 0 Å². The van der Waals surface area contributed by atoms with E-state index in [-0.39, 0.29) is 17.2 Å². The van der Waals surface area contributed by atoms with E-state index in [1.165, 1.54) is 0 Å². The van der Waals surface area contributed by atoms with Crippen molar-refractivity contribution >= 4 is 23.2 Å². The van der Waals surface area contributed by atoms with Crippen molar-refractivity contribution in [2.45, 2.75) is 26.2 Å². The zero-order chi connectivity index (χ0) is 22.7. The average molecular weight is 431 g/mol. The molecule has 3 aromatic rings. The Hall–Kier alpha value is -3.80. The molecule has 1 aliphatic heterocycles. The Bertz CT molecular complexity index is 1150. The molecule has 3 aromatic carbocycles. The highest BCUT2D eigenvalue weighted by Crippen LogP contribution is 2.31. The number of anilines is 2. The summed E-state index contributed by atoms with van der Waals surface area (Å²) < 4.78 is 11.0. The van der Waals surface area contributed by atoms with Gasteiger partial charge in [-0.25, -0.2) is 0 Å². The van der Waals surface area contributed by atoms with E-state index in [2.05, 4.69) is 31.4 Å². The fourth-order valence-electron chi connectivity index (χ4n) is 3.39. The van der Waals surface area contributed by atoms with Crippen LogP contribution in [0.3, 0.4) is 0 Å². The molecule has 0 bridgehead atoms. The first-order chi connectivity index (χ1) is 15.3. The third kappa shape index (κ3) is 4.91. The number of ether oxygens (including phenoxy) is 2. The van der Waals surface area contributed by atoms with E-state index in [4.69, 9.17) is 9.47 Å². The number of amides is 2. The predicted octanol–water partition coefficient (Wildman–Crippen LogP) is 5.26. The summed E-state index contributed by atoms with van der Waals surface area (Å²) in [5, 5.41) is 5.74. The summed E-state index contributed by atoms with van der Waals surface area (Å²) in [4.78, 5) is 25.3. The van der Waals surface area contributed by atoms with Crippen LogP contribution in [0.25, 0.3) is 0 Å². The van der Waals surface area contributed by atoms with Gasteiger partial charge in [0, 0.05) is 22.5 Å². The predicted molar refractivity (Wildman–Crippen MR) is 125 cm³/mol. The van der Waals surface area contributed by atoms with Crippen LogP contribution >= 0.6 is 0 Å². The van der Waals surface area contributed by atoms with Gasteiger partial charge in [0.1, 0.15) is 13.2 Å². The largest absolute Gasteiger partial charge is 0.486 e. The zero-order valence-electron chi connectivity index (χ0n) is 18.4. The van der Waals surface area contributed by atoms with Gasteiger partial charge in [-0.1, -0.05) is 39.0 Å². The molecule has 1 heterocycles. The summed E-state index contributed by atoms with van der Waals surface area (Å²) in [6, 6.07) is 19.7. The molecule has 0 atom stereocenters. The van der Waals surface area contributed by atoms with Crippen molar-refractivity contribution in [2.24, 2.45) is 0 Å². The van der Waals surface area contributed by atoms with Gasteiger partial charge in [0.05, 0.1) is 0 Å².